The van der Waals surface area contributed by atoms with Gasteiger partial charge >= 0.3 is 0 Å². The maximum Gasteiger partial charge on any atom is 0.280 e. The number of rotatable bonds is 8. The number of aryl methyl sites for hydroxylation is 1. The Balaban J connectivity index is 1.32. The quantitative estimate of drug-likeness (QED) is 0.127. The van der Waals surface area contributed by atoms with Gasteiger partial charge in [0.15, 0.2) is 0 Å². The molecule has 43 heavy (non-hydrogen) atoms. The molecule has 0 fully saturated rings. The van der Waals surface area contributed by atoms with Crippen molar-refractivity contribution in [3.8, 4) is 5.75 Å². The third-order valence-electron chi connectivity index (χ3n) is 6.98. The number of para-hydroxylation sites is 1. The van der Waals surface area contributed by atoms with Crippen LogP contribution in [-0.4, -0.2) is 38.7 Å². The fraction of sp³-hybridized carbons (Fsp3) is 0.156. The summed E-state index contributed by atoms with van der Waals surface area (Å²) in [6.07, 6.45) is 3.17. The average Bonchev–Trinajstić information content (AvgIpc) is 3.44. The highest BCUT2D eigenvalue weighted by atomic mass is 79.9. The van der Waals surface area contributed by atoms with Crippen LogP contribution < -0.4 is 14.1 Å². The van der Waals surface area contributed by atoms with E-state index in [9.17, 15) is 13.2 Å². The SMILES string of the molecule is CCOc1ccc(/C=N/N(C(=O)c2ccc(S(=O)(=O)N3CCCc4ccccc43)cc2)c2nc3ccc(Br)cc3s2)cc1. The Morgan fingerprint density at radius 1 is 1.07 bits per heavy atom. The molecule has 0 saturated heterocycles. The van der Waals surface area contributed by atoms with Crippen LogP contribution in [0.15, 0.2) is 105 Å². The Morgan fingerprint density at radius 2 is 1.84 bits per heavy atom. The first kappa shape index (κ1) is 29.0. The molecule has 0 atom stereocenters. The number of nitrogens with zero attached hydrogens (tertiary/aromatic N) is 4. The molecule has 5 aromatic rings. The van der Waals surface area contributed by atoms with Crippen molar-refractivity contribution in [3.63, 3.8) is 0 Å². The molecule has 0 saturated carbocycles. The van der Waals surface area contributed by atoms with Crippen molar-refractivity contribution in [3.05, 3.63) is 112 Å². The summed E-state index contributed by atoms with van der Waals surface area (Å²) in [7, 11) is -3.81. The molecule has 8 nitrogen and oxygen atoms in total. The van der Waals surface area contributed by atoms with Gasteiger partial charge in [-0.3, -0.25) is 9.10 Å². The van der Waals surface area contributed by atoms with E-state index in [1.807, 2.05) is 73.7 Å². The van der Waals surface area contributed by atoms with Crippen molar-refractivity contribution < 1.29 is 17.9 Å². The van der Waals surface area contributed by atoms with E-state index < -0.39 is 15.9 Å². The normalized spacial score (nSPS) is 13.3. The average molecular weight is 676 g/mol. The highest BCUT2D eigenvalue weighted by Gasteiger charge is 2.29. The molecule has 11 heteroatoms. The van der Waals surface area contributed by atoms with Gasteiger partial charge < -0.3 is 4.74 Å². The minimum atomic E-state index is -3.81. The van der Waals surface area contributed by atoms with Crippen LogP contribution in [0.25, 0.3) is 10.2 Å². The van der Waals surface area contributed by atoms with Gasteiger partial charge in [-0.2, -0.15) is 10.1 Å². The minimum absolute atomic E-state index is 0.120. The third-order valence-corrected chi connectivity index (χ3v) is 10.3. The molecule has 1 aliphatic rings. The van der Waals surface area contributed by atoms with Crippen LogP contribution in [0.4, 0.5) is 10.8 Å². The number of sulfonamides is 1. The van der Waals surface area contributed by atoms with Crippen molar-refractivity contribution in [2.24, 2.45) is 5.10 Å². The molecule has 2 heterocycles. The predicted molar refractivity (Wildman–Crippen MR) is 175 cm³/mol. The van der Waals surface area contributed by atoms with Crippen LogP contribution in [0.2, 0.25) is 0 Å². The Bertz CT molecular complexity index is 1920. The number of fused-ring (bicyclic) bond motifs is 2. The number of anilines is 2. The van der Waals surface area contributed by atoms with Crippen LogP contribution in [0, 0.1) is 0 Å². The molecule has 1 aromatic heterocycles. The van der Waals surface area contributed by atoms with E-state index in [0.29, 0.717) is 24.0 Å². The topological polar surface area (TPSA) is 92.2 Å². The van der Waals surface area contributed by atoms with Crippen LogP contribution in [0.1, 0.15) is 34.8 Å². The van der Waals surface area contributed by atoms with Crippen LogP contribution >= 0.6 is 27.3 Å². The van der Waals surface area contributed by atoms with Crippen LogP contribution in [0.3, 0.4) is 0 Å². The van der Waals surface area contributed by atoms with Crippen molar-refractivity contribution in [1.82, 2.24) is 4.98 Å². The molecule has 1 amide bonds. The third kappa shape index (κ3) is 6.06. The lowest BCUT2D eigenvalue weighted by Gasteiger charge is -2.30. The second-order valence-electron chi connectivity index (χ2n) is 9.81. The zero-order valence-electron chi connectivity index (χ0n) is 23.2. The van der Waals surface area contributed by atoms with E-state index in [-0.39, 0.29) is 10.5 Å². The monoisotopic (exact) mass is 674 g/mol. The smallest absolute Gasteiger partial charge is 0.280 e. The number of carbonyl (C=O) groups excluding carboxylic acids is 1. The Kier molecular flexibility index (Phi) is 8.29. The summed E-state index contributed by atoms with van der Waals surface area (Å²) in [6, 6.07) is 26.6. The van der Waals surface area contributed by atoms with Gasteiger partial charge in [0.05, 0.1) is 33.6 Å². The number of carbonyl (C=O) groups is 1. The lowest BCUT2D eigenvalue weighted by molar-refractivity contribution is 0.0987. The Hall–Kier alpha value is -4.06. The number of benzene rings is 4. The van der Waals surface area contributed by atoms with Crippen molar-refractivity contribution in [2.75, 3.05) is 22.5 Å². The molecule has 218 valence electrons. The number of aromatic nitrogens is 1. The molecule has 1 aliphatic heterocycles. The van der Waals surface area contributed by atoms with E-state index in [4.69, 9.17) is 4.74 Å². The fourth-order valence-corrected chi connectivity index (χ4v) is 7.89. The minimum Gasteiger partial charge on any atom is -0.494 e. The zero-order chi connectivity index (χ0) is 30.0. The zero-order valence-corrected chi connectivity index (χ0v) is 26.4. The summed E-state index contributed by atoms with van der Waals surface area (Å²) in [6.45, 7) is 2.89. The maximum absolute atomic E-state index is 13.9. The molecule has 0 unspecified atom stereocenters. The molecular weight excluding hydrogens is 648 g/mol. The summed E-state index contributed by atoms with van der Waals surface area (Å²) in [4.78, 5) is 18.6. The van der Waals surface area contributed by atoms with E-state index in [2.05, 4.69) is 26.0 Å². The number of thiazole rings is 1. The summed E-state index contributed by atoms with van der Waals surface area (Å²) in [5, 5.41) is 6.17. The molecule has 4 aromatic carbocycles. The van der Waals surface area contributed by atoms with E-state index in [1.165, 1.54) is 44.9 Å². The molecule has 0 radical (unpaired) electrons. The number of hydrazone groups is 1. The summed E-state index contributed by atoms with van der Waals surface area (Å²) < 4.78 is 36.0. The number of hydrogen-bond donors (Lipinski definition) is 0. The van der Waals surface area contributed by atoms with Crippen molar-refractivity contribution in [2.45, 2.75) is 24.7 Å². The lowest BCUT2D eigenvalue weighted by atomic mass is 10.0. The van der Waals surface area contributed by atoms with Gasteiger partial charge in [-0.05, 0) is 104 Å². The first-order valence-electron chi connectivity index (χ1n) is 13.7. The molecule has 0 aliphatic carbocycles. The van der Waals surface area contributed by atoms with Crippen molar-refractivity contribution in [1.29, 1.82) is 0 Å². The second kappa shape index (κ2) is 12.3. The van der Waals surface area contributed by atoms with Gasteiger partial charge in [0.1, 0.15) is 5.75 Å². The number of halogens is 1. The van der Waals surface area contributed by atoms with Crippen LogP contribution in [-0.2, 0) is 16.4 Å². The number of amides is 1. The highest BCUT2D eigenvalue weighted by molar-refractivity contribution is 9.10. The molecule has 0 spiro atoms. The summed E-state index contributed by atoms with van der Waals surface area (Å²) in [5.41, 5.74) is 3.50. The highest BCUT2D eigenvalue weighted by Crippen LogP contribution is 2.34. The van der Waals surface area contributed by atoms with E-state index >= 15 is 0 Å². The van der Waals surface area contributed by atoms with Crippen molar-refractivity contribution >= 4 is 70.4 Å². The maximum atomic E-state index is 13.9. The summed E-state index contributed by atoms with van der Waals surface area (Å²) >= 11 is 4.82. The Labute approximate surface area is 262 Å². The second-order valence-corrected chi connectivity index (χ2v) is 13.6. The van der Waals surface area contributed by atoms with E-state index in [0.717, 1.165) is 44.4 Å². The molecular formula is C32H27BrN4O4S2. The largest absolute Gasteiger partial charge is 0.494 e. The fourth-order valence-electron chi connectivity index (χ4n) is 4.87. The van der Waals surface area contributed by atoms with E-state index in [1.54, 1.807) is 6.21 Å². The number of hydrogen-bond acceptors (Lipinski definition) is 7. The van der Waals surface area contributed by atoms with Gasteiger partial charge in [-0.15, -0.1) is 0 Å². The first-order chi connectivity index (χ1) is 20.8. The standard InChI is InChI=1S/C32H27BrN4O4S2/c1-2-41-26-14-9-22(10-15-26)21-34-37(32-35-28-18-13-25(33)20-30(28)42-32)31(38)24-11-16-27(17-12-24)43(39,40)36-19-5-7-23-6-3-4-8-29(23)36/h3-4,6,8-18,20-21H,2,5,7,19H2,1H3/b34-21+. The van der Waals surface area contributed by atoms with Gasteiger partial charge in [0.2, 0.25) is 5.13 Å². The molecule has 0 N–H and O–H groups in total. The first-order valence-corrected chi connectivity index (χ1v) is 16.8. The number of ether oxygens (including phenoxy) is 1. The van der Waals surface area contributed by atoms with Gasteiger partial charge in [0, 0.05) is 16.6 Å². The van der Waals surface area contributed by atoms with Gasteiger partial charge in [-0.25, -0.2) is 13.4 Å². The van der Waals surface area contributed by atoms with Gasteiger partial charge in [-0.1, -0.05) is 45.5 Å². The van der Waals surface area contributed by atoms with Crippen LogP contribution in [0.5, 0.6) is 5.75 Å². The summed E-state index contributed by atoms with van der Waals surface area (Å²) in [5.74, 6) is 0.306. The Morgan fingerprint density at radius 3 is 2.60 bits per heavy atom. The predicted octanol–water partition coefficient (Wildman–Crippen LogP) is 7.28. The molecule has 0 bridgehead atoms. The molecule has 6 rings (SSSR count). The van der Waals surface area contributed by atoms with Gasteiger partial charge in [0.25, 0.3) is 15.9 Å². The lowest BCUT2D eigenvalue weighted by Crippen LogP contribution is -2.35.